The van der Waals surface area contributed by atoms with E-state index in [9.17, 15) is 4.79 Å². The van der Waals surface area contributed by atoms with Gasteiger partial charge in [0, 0.05) is 51.0 Å². The highest BCUT2D eigenvalue weighted by atomic mass is 16.5. The van der Waals surface area contributed by atoms with Crippen molar-refractivity contribution in [3.63, 3.8) is 0 Å². The summed E-state index contributed by atoms with van der Waals surface area (Å²) in [6.45, 7) is 5.66. The first-order valence-electron chi connectivity index (χ1n) is 6.90. The number of benzene rings is 1. The Morgan fingerprint density at radius 1 is 1.40 bits per heavy atom. The number of ether oxygens (including phenoxy) is 1. The molecule has 0 saturated carbocycles. The molecule has 1 fully saturated rings. The average Bonchev–Trinajstić information content (AvgIpc) is 2.48. The molecule has 1 saturated heterocycles. The molecule has 1 aromatic carbocycles. The lowest BCUT2D eigenvalue weighted by Crippen LogP contribution is -2.46. The van der Waals surface area contributed by atoms with Crippen molar-refractivity contribution in [1.29, 1.82) is 0 Å². The van der Waals surface area contributed by atoms with Crippen LogP contribution in [-0.2, 0) is 0 Å². The first kappa shape index (κ1) is 14.6. The maximum Gasteiger partial charge on any atom is 0.319 e. The summed E-state index contributed by atoms with van der Waals surface area (Å²) in [5.74, 6) is 0.726. The minimum Gasteiger partial charge on any atom is -0.497 e. The molecule has 3 N–H and O–H groups in total. The van der Waals surface area contributed by atoms with E-state index in [-0.39, 0.29) is 6.03 Å². The van der Waals surface area contributed by atoms with Gasteiger partial charge < -0.3 is 20.7 Å². The third-order valence-corrected chi connectivity index (χ3v) is 3.25. The largest absolute Gasteiger partial charge is 0.497 e. The molecule has 0 unspecified atom stereocenters. The van der Waals surface area contributed by atoms with Crippen LogP contribution in [0.1, 0.15) is 0 Å². The van der Waals surface area contributed by atoms with Crippen molar-refractivity contribution in [2.75, 3.05) is 51.7 Å². The zero-order chi connectivity index (χ0) is 14.2. The zero-order valence-corrected chi connectivity index (χ0v) is 11.8. The van der Waals surface area contributed by atoms with Crippen LogP contribution in [0.25, 0.3) is 0 Å². The second kappa shape index (κ2) is 7.72. The van der Waals surface area contributed by atoms with Gasteiger partial charge in [-0.05, 0) is 12.1 Å². The number of nitrogens with zero attached hydrogens (tertiary/aromatic N) is 1. The van der Waals surface area contributed by atoms with Crippen LogP contribution in [0, 0.1) is 0 Å². The summed E-state index contributed by atoms with van der Waals surface area (Å²) in [6, 6.07) is 7.12. The van der Waals surface area contributed by atoms with E-state index >= 15 is 0 Å². The van der Waals surface area contributed by atoms with Gasteiger partial charge in [0.2, 0.25) is 0 Å². The highest BCUT2D eigenvalue weighted by Gasteiger charge is 2.09. The maximum absolute atomic E-state index is 11.8. The summed E-state index contributed by atoms with van der Waals surface area (Å²) in [6.07, 6.45) is 0. The van der Waals surface area contributed by atoms with Gasteiger partial charge in [0.15, 0.2) is 0 Å². The zero-order valence-electron chi connectivity index (χ0n) is 11.8. The third-order valence-electron chi connectivity index (χ3n) is 3.25. The number of anilines is 1. The normalized spacial score (nSPS) is 15.7. The van der Waals surface area contributed by atoms with Gasteiger partial charge in [-0.2, -0.15) is 0 Å². The summed E-state index contributed by atoms with van der Waals surface area (Å²) >= 11 is 0. The average molecular weight is 278 g/mol. The number of amides is 2. The van der Waals surface area contributed by atoms with Crippen LogP contribution in [0.5, 0.6) is 5.75 Å². The first-order valence-corrected chi connectivity index (χ1v) is 6.90. The van der Waals surface area contributed by atoms with E-state index in [0.717, 1.165) is 44.2 Å². The van der Waals surface area contributed by atoms with Crippen molar-refractivity contribution < 1.29 is 9.53 Å². The van der Waals surface area contributed by atoms with Crippen molar-refractivity contribution >= 4 is 11.7 Å². The third kappa shape index (κ3) is 4.71. The number of carbonyl (C=O) groups excluding carboxylic acids is 1. The molecule has 110 valence electrons. The fraction of sp³-hybridized carbons (Fsp3) is 0.500. The summed E-state index contributed by atoms with van der Waals surface area (Å²) in [5.41, 5.74) is 0.726. The van der Waals surface area contributed by atoms with Crippen LogP contribution in [0.3, 0.4) is 0 Å². The van der Waals surface area contributed by atoms with Gasteiger partial charge in [0.1, 0.15) is 5.75 Å². The van der Waals surface area contributed by atoms with Crippen LogP contribution >= 0.6 is 0 Å². The Balaban J connectivity index is 1.69. The van der Waals surface area contributed by atoms with Gasteiger partial charge in [-0.3, -0.25) is 4.90 Å². The molecular formula is C14H22N4O2. The molecule has 20 heavy (non-hydrogen) atoms. The van der Waals surface area contributed by atoms with Crippen LogP contribution in [0.2, 0.25) is 0 Å². The number of hydrogen-bond acceptors (Lipinski definition) is 4. The summed E-state index contributed by atoms with van der Waals surface area (Å²) < 4.78 is 5.11. The molecule has 1 aliphatic heterocycles. The molecule has 0 spiro atoms. The topological polar surface area (TPSA) is 65.6 Å². The molecule has 6 nitrogen and oxygen atoms in total. The lowest BCUT2D eigenvalue weighted by molar-refractivity contribution is 0.233. The molecule has 2 rings (SSSR count). The first-order chi connectivity index (χ1) is 9.78. The number of carbonyl (C=O) groups is 1. The van der Waals surface area contributed by atoms with Gasteiger partial charge in [0.25, 0.3) is 0 Å². The Labute approximate surface area is 119 Å². The fourth-order valence-corrected chi connectivity index (χ4v) is 2.14. The maximum atomic E-state index is 11.8. The number of nitrogens with one attached hydrogen (secondary N) is 3. The minimum atomic E-state index is -0.187. The monoisotopic (exact) mass is 278 g/mol. The second-order valence-electron chi connectivity index (χ2n) is 4.70. The van der Waals surface area contributed by atoms with Gasteiger partial charge in [-0.15, -0.1) is 0 Å². The number of piperazine rings is 1. The van der Waals surface area contributed by atoms with Crippen LogP contribution in [-0.4, -0.2) is 57.3 Å². The van der Waals surface area contributed by atoms with E-state index in [0.29, 0.717) is 6.54 Å². The Morgan fingerprint density at radius 3 is 2.95 bits per heavy atom. The smallest absolute Gasteiger partial charge is 0.319 e. The Bertz CT molecular complexity index is 433. The molecule has 0 bridgehead atoms. The fourth-order valence-electron chi connectivity index (χ4n) is 2.14. The summed E-state index contributed by atoms with van der Waals surface area (Å²) in [5, 5.41) is 8.96. The molecule has 0 aliphatic carbocycles. The predicted octanol–water partition coefficient (Wildman–Crippen LogP) is 0.722. The van der Waals surface area contributed by atoms with E-state index in [1.807, 2.05) is 18.2 Å². The predicted molar refractivity (Wildman–Crippen MR) is 79.3 cm³/mol. The lowest BCUT2D eigenvalue weighted by atomic mass is 10.3. The second-order valence-corrected chi connectivity index (χ2v) is 4.70. The van der Waals surface area contributed by atoms with Crippen molar-refractivity contribution in [2.24, 2.45) is 0 Å². The van der Waals surface area contributed by atoms with Gasteiger partial charge in [0.05, 0.1) is 7.11 Å². The van der Waals surface area contributed by atoms with Gasteiger partial charge in [-0.25, -0.2) is 4.79 Å². The van der Waals surface area contributed by atoms with Gasteiger partial charge in [-0.1, -0.05) is 6.07 Å². The SMILES string of the molecule is COc1cccc(NC(=O)NCCN2CCNCC2)c1. The molecular weight excluding hydrogens is 256 g/mol. The van der Waals surface area contributed by atoms with Crippen LogP contribution in [0.15, 0.2) is 24.3 Å². The number of methoxy groups -OCH3 is 1. The van der Waals surface area contributed by atoms with E-state index in [4.69, 9.17) is 4.74 Å². The van der Waals surface area contributed by atoms with Crippen LogP contribution < -0.4 is 20.7 Å². The number of rotatable bonds is 5. The highest BCUT2D eigenvalue weighted by molar-refractivity contribution is 5.89. The van der Waals surface area contributed by atoms with Crippen molar-refractivity contribution in [1.82, 2.24) is 15.5 Å². The van der Waals surface area contributed by atoms with Crippen molar-refractivity contribution in [2.45, 2.75) is 0 Å². The molecule has 1 heterocycles. The van der Waals surface area contributed by atoms with Crippen molar-refractivity contribution in [3.05, 3.63) is 24.3 Å². The molecule has 2 amide bonds. The summed E-state index contributed by atoms with van der Waals surface area (Å²) in [7, 11) is 1.60. The number of hydrogen-bond donors (Lipinski definition) is 3. The standard InChI is InChI=1S/C14H22N4O2/c1-20-13-4-2-3-12(11-13)17-14(19)16-7-10-18-8-5-15-6-9-18/h2-4,11,15H,5-10H2,1H3,(H2,16,17,19). The molecule has 0 radical (unpaired) electrons. The minimum absolute atomic E-state index is 0.187. The molecule has 1 aliphatic rings. The van der Waals surface area contributed by atoms with Crippen molar-refractivity contribution in [3.8, 4) is 5.75 Å². The quantitative estimate of drug-likeness (QED) is 0.742. The Morgan fingerprint density at radius 2 is 2.20 bits per heavy atom. The van der Waals surface area contributed by atoms with E-state index in [2.05, 4.69) is 20.9 Å². The lowest BCUT2D eigenvalue weighted by Gasteiger charge is -2.27. The molecule has 1 aromatic rings. The van der Waals surface area contributed by atoms with E-state index in [1.165, 1.54) is 0 Å². The summed E-state index contributed by atoms with van der Waals surface area (Å²) in [4.78, 5) is 14.1. The number of urea groups is 1. The molecule has 0 aromatic heterocycles. The van der Waals surface area contributed by atoms with Gasteiger partial charge >= 0.3 is 6.03 Å². The van der Waals surface area contributed by atoms with E-state index < -0.39 is 0 Å². The molecule has 6 heteroatoms. The van der Waals surface area contributed by atoms with Crippen LogP contribution in [0.4, 0.5) is 10.5 Å². The highest BCUT2D eigenvalue weighted by Crippen LogP contribution is 2.16. The Hall–Kier alpha value is -1.79. The van der Waals surface area contributed by atoms with E-state index in [1.54, 1.807) is 13.2 Å². The molecule has 0 atom stereocenters. The Kier molecular flexibility index (Phi) is 5.64.